The molecule has 0 radical (unpaired) electrons. The zero-order valence-electron chi connectivity index (χ0n) is 5.91. The summed E-state index contributed by atoms with van der Waals surface area (Å²) >= 11 is 5.77. The number of rotatable bonds is 0. The molecule has 0 saturated carbocycles. The Morgan fingerprint density at radius 1 is 1.50 bits per heavy atom. The van der Waals surface area contributed by atoms with Gasteiger partial charge in [0.05, 0.1) is 16.8 Å². The molecule has 2 aromatic rings. The zero-order chi connectivity index (χ0) is 8.55. The number of benzene rings is 1. The molecule has 1 heterocycles. The van der Waals surface area contributed by atoms with Crippen LogP contribution in [-0.4, -0.2) is 5.16 Å². The summed E-state index contributed by atoms with van der Waals surface area (Å²) in [6.45, 7) is 0. The molecule has 3 nitrogen and oxygen atoms in total. The molecule has 4 heteroatoms. The Morgan fingerprint density at radius 3 is 3.08 bits per heavy atom. The van der Waals surface area contributed by atoms with Crippen LogP contribution >= 0.6 is 11.6 Å². The molecule has 0 spiro atoms. The van der Waals surface area contributed by atoms with E-state index in [1.54, 1.807) is 18.3 Å². The van der Waals surface area contributed by atoms with Crippen LogP contribution in [0.3, 0.4) is 0 Å². The summed E-state index contributed by atoms with van der Waals surface area (Å²) in [6, 6.07) is 5.19. The number of hydrogen-bond acceptors (Lipinski definition) is 3. The maximum atomic E-state index is 8.62. The molecule has 0 aliphatic heterocycles. The van der Waals surface area contributed by atoms with Crippen LogP contribution in [0.1, 0.15) is 5.56 Å². The van der Waals surface area contributed by atoms with Crippen molar-refractivity contribution in [2.24, 2.45) is 0 Å². The van der Waals surface area contributed by atoms with Gasteiger partial charge in [-0.2, -0.15) is 5.26 Å². The smallest absolute Gasteiger partial charge is 0.168 e. The molecule has 0 aliphatic rings. The number of halogens is 1. The second-order valence-electron chi connectivity index (χ2n) is 2.31. The van der Waals surface area contributed by atoms with E-state index in [9.17, 15) is 0 Å². The van der Waals surface area contributed by atoms with Gasteiger partial charge in [-0.15, -0.1) is 0 Å². The van der Waals surface area contributed by atoms with Crippen molar-refractivity contribution < 1.29 is 4.52 Å². The highest BCUT2D eigenvalue weighted by atomic mass is 35.5. The van der Waals surface area contributed by atoms with E-state index in [4.69, 9.17) is 21.4 Å². The van der Waals surface area contributed by atoms with Gasteiger partial charge in [0.1, 0.15) is 6.07 Å². The molecular weight excluding hydrogens is 176 g/mol. The molecule has 0 unspecified atom stereocenters. The summed E-state index contributed by atoms with van der Waals surface area (Å²) in [5, 5.41) is 13.4. The molecule has 0 bridgehead atoms. The van der Waals surface area contributed by atoms with Crippen molar-refractivity contribution in [3.8, 4) is 6.07 Å². The summed E-state index contributed by atoms with van der Waals surface area (Å²) < 4.78 is 4.86. The highest BCUT2D eigenvalue weighted by Gasteiger charge is 2.04. The molecular formula is C8H3ClN2O. The molecule has 2 rings (SSSR count). The minimum Gasteiger partial charge on any atom is -0.356 e. The lowest BCUT2D eigenvalue weighted by molar-refractivity contribution is 0.456. The Morgan fingerprint density at radius 2 is 2.33 bits per heavy atom. The molecule has 0 atom stereocenters. The first-order valence-corrected chi connectivity index (χ1v) is 3.63. The topological polar surface area (TPSA) is 49.8 Å². The van der Waals surface area contributed by atoms with E-state index in [0.717, 1.165) is 5.39 Å². The lowest BCUT2D eigenvalue weighted by Gasteiger charge is -1.91. The standard InChI is InChI=1S/C8H3ClN2O/c9-7-1-6-4-11-12-8(6)2-5(7)3-10/h1-2,4H. The number of hydrogen-bond donors (Lipinski definition) is 0. The second kappa shape index (κ2) is 2.50. The third-order valence-electron chi connectivity index (χ3n) is 1.56. The van der Waals surface area contributed by atoms with Crippen LogP contribution in [0, 0.1) is 11.3 Å². The minimum atomic E-state index is 0.404. The van der Waals surface area contributed by atoms with Gasteiger partial charge in [0.2, 0.25) is 0 Å². The van der Waals surface area contributed by atoms with Crippen LogP contribution < -0.4 is 0 Å². The minimum absolute atomic E-state index is 0.404. The Kier molecular flexibility index (Phi) is 1.49. The van der Waals surface area contributed by atoms with Crippen molar-refractivity contribution in [3.05, 3.63) is 28.9 Å². The van der Waals surface area contributed by atoms with Gasteiger partial charge in [-0.1, -0.05) is 16.8 Å². The monoisotopic (exact) mass is 178 g/mol. The molecule has 0 N–H and O–H groups in total. The van der Waals surface area contributed by atoms with Crippen LogP contribution in [0.5, 0.6) is 0 Å². The third kappa shape index (κ3) is 0.936. The SMILES string of the molecule is N#Cc1cc2oncc2cc1Cl. The highest BCUT2D eigenvalue weighted by Crippen LogP contribution is 2.22. The Labute approximate surface area is 73.1 Å². The first kappa shape index (κ1) is 7.14. The molecule has 58 valence electrons. The number of nitriles is 1. The van der Waals surface area contributed by atoms with Crippen LogP contribution in [0.4, 0.5) is 0 Å². The fourth-order valence-corrected chi connectivity index (χ4v) is 1.19. The van der Waals surface area contributed by atoms with E-state index in [0.29, 0.717) is 16.2 Å². The molecule has 0 amide bonds. The van der Waals surface area contributed by atoms with Gasteiger partial charge in [-0.3, -0.25) is 0 Å². The Bertz CT molecular complexity index is 469. The second-order valence-corrected chi connectivity index (χ2v) is 2.71. The molecule has 12 heavy (non-hydrogen) atoms. The van der Waals surface area contributed by atoms with Gasteiger partial charge in [0.25, 0.3) is 0 Å². The average Bonchev–Trinajstić information content (AvgIpc) is 2.49. The average molecular weight is 179 g/mol. The van der Waals surface area contributed by atoms with Gasteiger partial charge in [0.15, 0.2) is 5.58 Å². The van der Waals surface area contributed by atoms with Crippen LogP contribution in [0.25, 0.3) is 11.0 Å². The summed E-state index contributed by atoms with van der Waals surface area (Å²) in [5.41, 5.74) is 0.983. The van der Waals surface area contributed by atoms with Crippen molar-refractivity contribution in [2.45, 2.75) is 0 Å². The molecule has 0 fully saturated rings. The normalized spacial score (nSPS) is 10.0. The predicted molar refractivity (Wildman–Crippen MR) is 43.7 cm³/mol. The van der Waals surface area contributed by atoms with E-state index < -0.39 is 0 Å². The maximum absolute atomic E-state index is 8.62. The number of nitrogens with zero attached hydrogens (tertiary/aromatic N) is 2. The van der Waals surface area contributed by atoms with E-state index in [1.165, 1.54) is 0 Å². The Hall–Kier alpha value is -1.53. The summed E-state index contributed by atoms with van der Waals surface area (Å²) in [5.74, 6) is 0. The number of fused-ring (bicyclic) bond motifs is 1. The molecule has 1 aromatic heterocycles. The summed E-state index contributed by atoms with van der Waals surface area (Å²) in [6.07, 6.45) is 1.56. The highest BCUT2D eigenvalue weighted by molar-refractivity contribution is 6.32. The van der Waals surface area contributed by atoms with Gasteiger partial charge >= 0.3 is 0 Å². The predicted octanol–water partition coefficient (Wildman–Crippen LogP) is 2.35. The van der Waals surface area contributed by atoms with E-state index in [1.807, 2.05) is 6.07 Å². The zero-order valence-corrected chi connectivity index (χ0v) is 6.67. The van der Waals surface area contributed by atoms with Crippen molar-refractivity contribution in [1.82, 2.24) is 5.16 Å². The van der Waals surface area contributed by atoms with Crippen LogP contribution in [0.15, 0.2) is 22.9 Å². The lowest BCUT2D eigenvalue weighted by atomic mass is 10.2. The molecule has 0 aliphatic carbocycles. The lowest BCUT2D eigenvalue weighted by Crippen LogP contribution is -1.75. The van der Waals surface area contributed by atoms with Gasteiger partial charge in [0, 0.05) is 11.5 Å². The fourth-order valence-electron chi connectivity index (χ4n) is 0.974. The van der Waals surface area contributed by atoms with Gasteiger partial charge in [-0.05, 0) is 6.07 Å². The summed E-state index contributed by atoms with van der Waals surface area (Å²) in [7, 11) is 0. The molecule has 1 aromatic carbocycles. The quantitative estimate of drug-likeness (QED) is 0.622. The van der Waals surface area contributed by atoms with Crippen molar-refractivity contribution >= 4 is 22.6 Å². The molecule has 0 saturated heterocycles. The third-order valence-corrected chi connectivity index (χ3v) is 1.88. The van der Waals surface area contributed by atoms with Crippen LogP contribution in [0.2, 0.25) is 5.02 Å². The van der Waals surface area contributed by atoms with E-state index in [-0.39, 0.29) is 0 Å². The van der Waals surface area contributed by atoms with Crippen molar-refractivity contribution in [1.29, 1.82) is 5.26 Å². The van der Waals surface area contributed by atoms with Crippen molar-refractivity contribution in [2.75, 3.05) is 0 Å². The van der Waals surface area contributed by atoms with E-state index >= 15 is 0 Å². The van der Waals surface area contributed by atoms with Crippen LogP contribution in [-0.2, 0) is 0 Å². The maximum Gasteiger partial charge on any atom is 0.168 e. The van der Waals surface area contributed by atoms with Gasteiger partial charge in [-0.25, -0.2) is 0 Å². The summed E-state index contributed by atoms with van der Waals surface area (Å²) in [4.78, 5) is 0. The largest absolute Gasteiger partial charge is 0.356 e. The Balaban J connectivity index is 2.84. The van der Waals surface area contributed by atoms with Gasteiger partial charge < -0.3 is 4.52 Å². The first-order valence-electron chi connectivity index (χ1n) is 3.25. The van der Waals surface area contributed by atoms with E-state index in [2.05, 4.69) is 5.16 Å². The fraction of sp³-hybridized carbons (Fsp3) is 0. The first-order chi connectivity index (χ1) is 5.81. The number of aromatic nitrogens is 1. The van der Waals surface area contributed by atoms with Crippen molar-refractivity contribution in [3.63, 3.8) is 0 Å².